The van der Waals surface area contributed by atoms with Gasteiger partial charge in [0, 0.05) is 18.5 Å². The maximum atomic E-state index is 13.6. The second-order valence-electron chi connectivity index (χ2n) is 9.10. The van der Waals surface area contributed by atoms with E-state index in [1.54, 1.807) is 6.07 Å². The number of carbonyl (C=O) groups excluding carboxylic acids is 1. The van der Waals surface area contributed by atoms with Crippen LogP contribution in [0.1, 0.15) is 40.9 Å². The first-order valence-electron chi connectivity index (χ1n) is 12.1. The zero-order valence-corrected chi connectivity index (χ0v) is 19.3. The molecule has 5 rings (SSSR count). The largest absolute Gasteiger partial charge is 0.337 e. The Labute approximate surface area is 199 Å². The zero-order valence-electron chi connectivity index (χ0n) is 19.3. The molecule has 1 aliphatic heterocycles. The van der Waals surface area contributed by atoms with Crippen molar-refractivity contribution in [1.82, 2.24) is 14.7 Å². The number of hydrogen-bond acceptors (Lipinski definition) is 3. The number of carbonyl (C=O) groups is 1. The van der Waals surface area contributed by atoms with E-state index < -0.39 is 0 Å². The summed E-state index contributed by atoms with van der Waals surface area (Å²) in [5, 5.41) is 5.75. The number of hydrogen-bond donors (Lipinski definition) is 0. The lowest BCUT2D eigenvalue weighted by molar-refractivity contribution is 0.0680. The van der Waals surface area contributed by atoms with Crippen molar-refractivity contribution in [2.45, 2.75) is 32.2 Å². The van der Waals surface area contributed by atoms with Crippen molar-refractivity contribution in [1.29, 1.82) is 0 Å². The normalized spacial score (nSPS) is 14.4. The molecule has 5 heteroatoms. The summed E-state index contributed by atoms with van der Waals surface area (Å²) in [4.78, 5) is 28.6. The fourth-order valence-corrected chi connectivity index (χ4v) is 4.85. The smallest absolute Gasteiger partial charge is 0.274 e. The molecule has 0 bridgehead atoms. The van der Waals surface area contributed by atoms with Crippen LogP contribution in [0.5, 0.6) is 0 Å². The Morgan fingerprint density at radius 1 is 0.794 bits per heavy atom. The summed E-state index contributed by atoms with van der Waals surface area (Å²) in [5.74, 6) is 0.542. The lowest BCUT2D eigenvalue weighted by atomic mass is 9.90. The Kier molecular flexibility index (Phi) is 6.52. The van der Waals surface area contributed by atoms with Crippen LogP contribution in [0.15, 0.2) is 89.7 Å². The third kappa shape index (κ3) is 4.79. The van der Waals surface area contributed by atoms with Crippen LogP contribution in [0.25, 0.3) is 10.8 Å². The van der Waals surface area contributed by atoms with Crippen LogP contribution < -0.4 is 5.56 Å². The van der Waals surface area contributed by atoms with Gasteiger partial charge in [-0.05, 0) is 48.8 Å². The first-order valence-corrected chi connectivity index (χ1v) is 12.1. The van der Waals surface area contributed by atoms with E-state index in [1.807, 2.05) is 59.5 Å². The highest BCUT2D eigenvalue weighted by Crippen LogP contribution is 2.24. The van der Waals surface area contributed by atoms with E-state index in [-0.39, 0.29) is 11.5 Å². The molecule has 0 N–H and O–H groups in total. The number of piperidine rings is 1. The highest BCUT2D eigenvalue weighted by Gasteiger charge is 2.26. The van der Waals surface area contributed by atoms with Crippen LogP contribution in [0, 0.1) is 5.92 Å². The lowest BCUT2D eigenvalue weighted by Gasteiger charge is -2.32. The standard InChI is InChI=1S/C29H29N3O2/c33-28-26-14-8-7-13-25(26)27(30-32(28)21-24-11-5-2-6-12-24)29(34)31-19-17-23(18-20-31)16-15-22-9-3-1-4-10-22/h1-14,23H,15-21H2. The van der Waals surface area contributed by atoms with Crippen LogP contribution in [-0.4, -0.2) is 33.7 Å². The van der Waals surface area contributed by atoms with Crippen LogP contribution >= 0.6 is 0 Å². The van der Waals surface area contributed by atoms with Gasteiger partial charge in [0.25, 0.3) is 11.5 Å². The molecule has 2 heterocycles. The average molecular weight is 452 g/mol. The molecule has 172 valence electrons. The average Bonchev–Trinajstić information content (AvgIpc) is 2.90. The molecule has 0 atom stereocenters. The van der Waals surface area contributed by atoms with Crippen LogP contribution in [0.4, 0.5) is 0 Å². The number of nitrogens with zero attached hydrogens (tertiary/aromatic N) is 3. The minimum atomic E-state index is -0.171. The molecular formula is C29H29N3O2. The maximum Gasteiger partial charge on any atom is 0.274 e. The van der Waals surface area contributed by atoms with Gasteiger partial charge < -0.3 is 4.90 Å². The molecule has 5 nitrogen and oxygen atoms in total. The lowest BCUT2D eigenvalue weighted by Crippen LogP contribution is -2.40. The molecule has 3 aromatic carbocycles. The van der Waals surface area contributed by atoms with Crippen LogP contribution in [-0.2, 0) is 13.0 Å². The van der Waals surface area contributed by atoms with Crippen molar-refractivity contribution in [3.63, 3.8) is 0 Å². The summed E-state index contributed by atoms with van der Waals surface area (Å²) in [6, 6.07) is 27.6. The monoisotopic (exact) mass is 451 g/mol. The van der Waals surface area contributed by atoms with Crippen LogP contribution in [0.3, 0.4) is 0 Å². The SMILES string of the molecule is O=C(c1nn(Cc2ccccc2)c(=O)c2ccccc12)N1CCC(CCc2ccccc2)CC1. The Hall–Kier alpha value is -3.73. The van der Waals surface area contributed by atoms with Gasteiger partial charge in [0.2, 0.25) is 0 Å². The van der Waals surface area contributed by atoms with Crippen molar-refractivity contribution in [2.24, 2.45) is 5.92 Å². The molecule has 1 aromatic heterocycles. The molecule has 0 unspecified atom stereocenters. The van der Waals surface area contributed by atoms with E-state index in [9.17, 15) is 9.59 Å². The van der Waals surface area contributed by atoms with E-state index in [0.29, 0.717) is 28.9 Å². The van der Waals surface area contributed by atoms with Crippen LogP contribution in [0.2, 0.25) is 0 Å². The molecule has 1 fully saturated rings. The van der Waals surface area contributed by atoms with Gasteiger partial charge in [0.15, 0.2) is 5.69 Å². The molecule has 0 spiro atoms. The number of aryl methyl sites for hydroxylation is 1. The number of amides is 1. The summed E-state index contributed by atoms with van der Waals surface area (Å²) < 4.78 is 1.43. The molecule has 0 saturated carbocycles. The van der Waals surface area contributed by atoms with Gasteiger partial charge in [-0.15, -0.1) is 0 Å². The van der Waals surface area contributed by atoms with Gasteiger partial charge in [0.05, 0.1) is 11.9 Å². The van der Waals surface area contributed by atoms with Gasteiger partial charge in [-0.1, -0.05) is 78.9 Å². The number of rotatable bonds is 6. The van der Waals surface area contributed by atoms with E-state index in [0.717, 1.165) is 44.3 Å². The first-order chi connectivity index (χ1) is 16.7. The van der Waals surface area contributed by atoms with Gasteiger partial charge in [-0.3, -0.25) is 9.59 Å². The quantitative estimate of drug-likeness (QED) is 0.418. The number of fused-ring (bicyclic) bond motifs is 1. The van der Waals surface area contributed by atoms with E-state index in [2.05, 4.69) is 29.4 Å². The van der Waals surface area contributed by atoms with Crippen molar-refractivity contribution >= 4 is 16.7 Å². The predicted molar refractivity (Wildman–Crippen MR) is 135 cm³/mol. The zero-order chi connectivity index (χ0) is 23.3. The summed E-state index contributed by atoms with van der Waals surface area (Å²) in [5.41, 5.74) is 2.55. The molecule has 1 aliphatic rings. The Morgan fingerprint density at radius 3 is 2.06 bits per heavy atom. The van der Waals surface area contributed by atoms with E-state index in [1.165, 1.54) is 10.2 Å². The minimum Gasteiger partial charge on any atom is -0.337 e. The van der Waals surface area contributed by atoms with Gasteiger partial charge in [-0.25, -0.2) is 4.68 Å². The molecule has 1 saturated heterocycles. The summed E-state index contributed by atoms with van der Waals surface area (Å²) in [7, 11) is 0. The van der Waals surface area contributed by atoms with Crippen molar-refractivity contribution in [3.8, 4) is 0 Å². The predicted octanol–water partition coefficient (Wildman–Crippen LogP) is 4.93. The van der Waals surface area contributed by atoms with Gasteiger partial charge in [-0.2, -0.15) is 5.10 Å². The van der Waals surface area contributed by atoms with E-state index in [4.69, 9.17) is 0 Å². The second-order valence-corrected chi connectivity index (χ2v) is 9.10. The number of aromatic nitrogens is 2. The fourth-order valence-electron chi connectivity index (χ4n) is 4.85. The summed E-state index contributed by atoms with van der Waals surface area (Å²) >= 11 is 0. The molecule has 34 heavy (non-hydrogen) atoms. The fraction of sp³-hybridized carbons (Fsp3) is 0.276. The molecular weight excluding hydrogens is 422 g/mol. The third-order valence-corrected chi connectivity index (χ3v) is 6.83. The highest BCUT2D eigenvalue weighted by molar-refractivity contribution is 6.04. The van der Waals surface area contributed by atoms with E-state index >= 15 is 0 Å². The Bertz CT molecular complexity index is 1320. The molecule has 0 radical (unpaired) electrons. The topological polar surface area (TPSA) is 55.2 Å². The number of likely N-dealkylation sites (tertiary alicyclic amines) is 1. The Balaban J connectivity index is 1.34. The van der Waals surface area contributed by atoms with Gasteiger partial charge in [0.1, 0.15) is 0 Å². The first kappa shape index (κ1) is 22.1. The summed E-state index contributed by atoms with van der Waals surface area (Å²) in [6.45, 7) is 1.80. The minimum absolute atomic E-state index is 0.0838. The van der Waals surface area contributed by atoms with Crippen molar-refractivity contribution < 1.29 is 4.79 Å². The van der Waals surface area contributed by atoms with Crippen molar-refractivity contribution in [2.75, 3.05) is 13.1 Å². The number of benzene rings is 3. The van der Waals surface area contributed by atoms with Gasteiger partial charge >= 0.3 is 0 Å². The maximum absolute atomic E-state index is 13.6. The third-order valence-electron chi connectivity index (χ3n) is 6.83. The molecule has 1 amide bonds. The van der Waals surface area contributed by atoms with Crippen molar-refractivity contribution in [3.05, 3.63) is 112 Å². The molecule has 0 aliphatic carbocycles. The Morgan fingerprint density at radius 2 is 1.38 bits per heavy atom. The second kappa shape index (κ2) is 10.0. The molecule has 4 aromatic rings. The summed E-state index contributed by atoms with van der Waals surface area (Å²) in [6.07, 6.45) is 4.23. The highest BCUT2D eigenvalue weighted by atomic mass is 16.2.